The molecular formula is C31H32FN5O6. The monoisotopic (exact) mass is 589 g/mol. The number of carbonyl (C=O) groups is 1. The van der Waals surface area contributed by atoms with Crippen LogP contribution in [0.1, 0.15) is 34.9 Å². The molecule has 1 atom stereocenters. The number of likely N-dealkylation sites (tertiary alicyclic amines) is 1. The Morgan fingerprint density at radius 1 is 1.00 bits per heavy atom. The zero-order valence-electron chi connectivity index (χ0n) is 23.4. The second-order valence-corrected chi connectivity index (χ2v) is 10.6. The number of rotatable bonds is 6. The minimum absolute atomic E-state index is 0.120. The van der Waals surface area contributed by atoms with E-state index in [1.54, 1.807) is 47.2 Å². The number of ether oxygens (including phenoxy) is 3. The van der Waals surface area contributed by atoms with E-state index in [2.05, 4.69) is 20.2 Å². The van der Waals surface area contributed by atoms with E-state index in [9.17, 15) is 14.0 Å². The molecule has 224 valence electrons. The molecule has 0 unspecified atom stereocenters. The van der Waals surface area contributed by atoms with Crippen molar-refractivity contribution >= 4 is 17.0 Å². The van der Waals surface area contributed by atoms with Gasteiger partial charge in [-0.15, -0.1) is 0 Å². The third kappa shape index (κ3) is 6.45. The molecule has 12 heteroatoms. The summed E-state index contributed by atoms with van der Waals surface area (Å²) in [5.41, 5.74) is 2.12. The van der Waals surface area contributed by atoms with Crippen LogP contribution in [0.15, 0.2) is 65.7 Å². The van der Waals surface area contributed by atoms with Crippen molar-refractivity contribution in [3.63, 3.8) is 0 Å². The van der Waals surface area contributed by atoms with E-state index in [0.29, 0.717) is 54.7 Å². The largest absolute Gasteiger partial charge is 0.486 e. The molecule has 2 N–H and O–H groups in total. The Bertz CT molecular complexity index is 1660. The Balaban J connectivity index is 0.000000315. The number of nitrogens with zero attached hydrogens (tertiary/aromatic N) is 4. The van der Waals surface area contributed by atoms with E-state index in [4.69, 9.17) is 19.3 Å². The van der Waals surface area contributed by atoms with Gasteiger partial charge in [-0.1, -0.05) is 18.2 Å². The number of fused-ring (bicyclic) bond motifs is 1. The molecule has 0 spiro atoms. The molecule has 3 aliphatic rings. The van der Waals surface area contributed by atoms with Crippen LogP contribution in [0, 0.1) is 5.82 Å². The zero-order chi connectivity index (χ0) is 29.8. The number of halogens is 1. The molecule has 43 heavy (non-hydrogen) atoms. The van der Waals surface area contributed by atoms with Gasteiger partial charge in [-0.05, 0) is 44.1 Å². The summed E-state index contributed by atoms with van der Waals surface area (Å²) < 4.78 is 32.8. The van der Waals surface area contributed by atoms with Gasteiger partial charge in [0.25, 0.3) is 5.56 Å². The second-order valence-electron chi connectivity index (χ2n) is 10.6. The van der Waals surface area contributed by atoms with Gasteiger partial charge in [0.1, 0.15) is 25.3 Å². The van der Waals surface area contributed by atoms with Crippen LogP contribution in [0.25, 0.3) is 11.0 Å². The number of piperidine rings is 1. The highest BCUT2D eigenvalue weighted by molar-refractivity contribution is 5.87. The summed E-state index contributed by atoms with van der Waals surface area (Å²) in [4.78, 5) is 33.8. The average molecular weight is 590 g/mol. The van der Waals surface area contributed by atoms with Gasteiger partial charge in [0.2, 0.25) is 0 Å². The van der Waals surface area contributed by atoms with Crippen molar-refractivity contribution in [2.45, 2.75) is 31.5 Å². The summed E-state index contributed by atoms with van der Waals surface area (Å²) in [6, 6.07) is 13.6. The number of benzene rings is 1. The number of hydrogen-bond donors (Lipinski definition) is 2. The van der Waals surface area contributed by atoms with Crippen LogP contribution < -0.4 is 25.1 Å². The minimum Gasteiger partial charge on any atom is -0.486 e. The summed E-state index contributed by atoms with van der Waals surface area (Å²) in [6.07, 6.45) is 4.85. The highest BCUT2D eigenvalue weighted by Crippen LogP contribution is 2.33. The third-order valence-electron chi connectivity index (χ3n) is 7.77. The molecule has 3 aliphatic heterocycles. The van der Waals surface area contributed by atoms with E-state index < -0.39 is 11.8 Å². The standard InChI is InChI=1S/C24H26FN5O4.C7H6O2/c25-18-11-28-19-1-2-22(31)30-17(14-34-24(18)23(19)30)13-29-5-3-15(4-6-29)26-10-16-9-20-21(12-27-16)33-8-7-32-20;8-7(9)6-4-2-1-3-5-6/h1-2,9,11-12,15,17,26H,3-8,10,13-14H2;1-5H,(H,8,9)/t17-;/m1./s1. The van der Waals surface area contributed by atoms with Gasteiger partial charge in [-0.3, -0.25) is 19.3 Å². The summed E-state index contributed by atoms with van der Waals surface area (Å²) >= 11 is 0. The fourth-order valence-corrected chi connectivity index (χ4v) is 5.59. The van der Waals surface area contributed by atoms with Crippen LogP contribution in [0.4, 0.5) is 4.39 Å². The van der Waals surface area contributed by atoms with Gasteiger partial charge in [0, 0.05) is 31.3 Å². The van der Waals surface area contributed by atoms with Crippen LogP contribution >= 0.6 is 0 Å². The van der Waals surface area contributed by atoms with Crippen LogP contribution in [-0.4, -0.2) is 76.0 Å². The SMILES string of the molecule is O=C(O)c1ccccc1.O=c1ccc2ncc(F)c3c2n1[C@H](CN1CCC(NCc2cc4c(cn2)OCCO4)CC1)CO3. The first-order valence-electron chi connectivity index (χ1n) is 14.3. The predicted octanol–water partition coefficient (Wildman–Crippen LogP) is 3.27. The van der Waals surface area contributed by atoms with Gasteiger partial charge < -0.3 is 29.5 Å². The first-order valence-corrected chi connectivity index (χ1v) is 14.3. The van der Waals surface area contributed by atoms with Crippen LogP contribution in [0.2, 0.25) is 0 Å². The van der Waals surface area contributed by atoms with E-state index in [1.165, 1.54) is 6.07 Å². The van der Waals surface area contributed by atoms with Gasteiger partial charge in [0.15, 0.2) is 23.1 Å². The molecule has 0 bridgehead atoms. The van der Waals surface area contributed by atoms with E-state index in [1.807, 2.05) is 6.07 Å². The number of carboxylic acid groups (broad SMARTS) is 1. The second kappa shape index (κ2) is 12.8. The Morgan fingerprint density at radius 3 is 2.51 bits per heavy atom. The zero-order valence-corrected chi connectivity index (χ0v) is 23.4. The quantitative estimate of drug-likeness (QED) is 0.346. The number of aromatic nitrogens is 3. The molecular weight excluding hydrogens is 557 g/mol. The maximum atomic E-state index is 14.2. The number of carboxylic acids is 1. The van der Waals surface area contributed by atoms with Crippen molar-refractivity contribution in [1.29, 1.82) is 0 Å². The van der Waals surface area contributed by atoms with Gasteiger partial charge in [-0.25, -0.2) is 9.18 Å². The predicted molar refractivity (Wildman–Crippen MR) is 155 cm³/mol. The normalized spacial score (nSPS) is 17.9. The molecule has 4 aromatic rings. The van der Waals surface area contributed by atoms with Crippen molar-refractivity contribution in [2.75, 3.05) is 39.5 Å². The smallest absolute Gasteiger partial charge is 0.335 e. The molecule has 0 saturated carbocycles. The topological polar surface area (TPSA) is 128 Å². The highest BCUT2D eigenvalue weighted by atomic mass is 19.1. The molecule has 1 aromatic carbocycles. The lowest BCUT2D eigenvalue weighted by Gasteiger charge is -2.36. The molecule has 0 radical (unpaired) electrons. The van der Waals surface area contributed by atoms with E-state index in [0.717, 1.165) is 43.6 Å². The molecule has 11 nitrogen and oxygen atoms in total. The van der Waals surface area contributed by atoms with Gasteiger partial charge in [-0.2, -0.15) is 0 Å². The maximum Gasteiger partial charge on any atom is 0.335 e. The number of hydrogen-bond acceptors (Lipinski definition) is 9. The fourth-order valence-electron chi connectivity index (χ4n) is 5.59. The van der Waals surface area contributed by atoms with Crippen molar-refractivity contribution < 1.29 is 28.5 Å². The summed E-state index contributed by atoms with van der Waals surface area (Å²) in [6.45, 7) is 4.54. The number of pyridine rings is 3. The summed E-state index contributed by atoms with van der Waals surface area (Å²) in [5.74, 6) is 0.158. The van der Waals surface area contributed by atoms with Crippen molar-refractivity contribution in [2.24, 2.45) is 0 Å². The first kappa shape index (κ1) is 28.6. The van der Waals surface area contributed by atoms with Crippen LogP contribution in [-0.2, 0) is 6.54 Å². The summed E-state index contributed by atoms with van der Waals surface area (Å²) in [7, 11) is 0. The molecule has 0 amide bonds. The van der Waals surface area contributed by atoms with E-state index in [-0.39, 0.29) is 24.0 Å². The Kier molecular flexibility index (Phi) is 8.47. The number of nitrogens with one attached hydrogen (secondary N) is 1. The Labute approximate surface area is 246 Å². The number of aromatic carboxylic acids is 1. The lowest BCUT2D eigenvalue weighted by Crippen LogP contribution is -2.46. The minimum atomic E-state index is -0.879. The summed E-state index contributed by atoms with van der Waals surface area (Å²) in [5, 5.41) is 12.0. The van der Waals surface area contributed by atoms with Crippen molar-refractivity contribution in [3.8, 4) is 17.2 Å². The van der Waals surface area contributed by atoms with Gasteiger partial charge >= 0.3 is 5.97 Å². The van der Waals surface area contributed by atoms with Gasteiger partial charge in [0.05, 0.1) is 35.2 Å². The third-order valence-corrected chi connectivity index (χ3v) is 7.77. The Hall–Kier alpha value is -4.55. The molecule has 6 heterocycles. The lowest BCUT2D eigenvalue weighted by molar-refractivity contribution is 0.0697. The maximum absolute atomic E-state index is 14.2. The molecule has 7 rings (SSSR count). The van der Waals surface area contributed by atoms with Crippen molar-refractivity contribution in [3.05, 3.63) is 88.4 Å². The molecule has 1 fully saturated rings. The molecule has 1 saturated heterocycles. The highest BCUT2D eigenvalue weighted by Gasteiger charge is 2.29. The average Bonchev–Trinajstić information content (AvgIpc) is 3.04. The van der Waals surface area contributed by atoms with Crippen molar-refractivity contribution in [1.82, 2.24) is 24.8 Å². The first-order chi connectivity index (χ1) is 21.0. The van der Waals surface area contributed by atoms with Crippen LogP contribution in [0.3, 0.4) is 0 Å². The lowest BCUT2D eigenvalue weighted by atomic mass is 10.0. The molecule has 3 aromatic heterocycles. The van der Waals surface area contributed by atoms with E-state index >= 15 is 0 Å². The molecule has 0 aliphatic carbocycles. The Morgan fingerprint density at radius 2 is 1.77 bits per heavy atom. The van der Waals surface area contributed by atoms with Crippen LogP contribution in [0.5, 0.6) is 17.2 Å². The fraction of sp³-hybridized carbons (Fsp3) is 0.355.